The van der Waals surface area contributed by atoms with E-state index in [0.29, 0.717) is 69.5 Å². The van der Waals surface area contributed by atoms with Crippen molar-refractivity contribution in [2.24, 2.45) is 11.3 Å². The summed E-state index contributed by atoms with van der Waals surface area (Å²) in [5.74, 6) is -0.624. The fourth-order valence-electron chi connectivity index (χ4n) is 13.2. The highest BCUT2D eigenvalue weighted by Crippen LogP contribution is 2.67. The van der Waals surface area contributed by atoms with Crippen molar-refractivity contribution in [2.45, 2.75) is 92.6 Å². The number of piperidine rings is 1. The van der Waals surface area contributed by atoms with Gasteiger partial charge in [-0.25, -0.2) is 0 Å². The Bertz CT molecular complexity index is 2140. The molecule has 2 aromatic carbocycles. The number of carbonyl (C=O) groups excluding carboxylic acids is 2. The summed E-state index contributed by atoms with van der Waals surface area (Å²) < 4.78 is 12.3. The number of benzene rings is 2. The van der Waals surface area contributed by atoms with Crippen molar-refractivity contribution in [3.63, 3.8) is 0 Å². The quantitative estimate of drug-likeness (QED) is 0.187. The molecule has 10 atom stereocenters. The van der Waals surface area contributed by atoms with Crippen LogP contribution in [-0.4, -0.2) is 132 Å². The van der Waals surface area contributed by atoms with E-state index in [-0.39, 0.29) is 12.0 Å². The van der Waals surface area contributed by atoms with Crippen LogP contribution in [0.25, 0.3) is 10.9 Å². The lowest BCUT2D eigenvalue weighted by Crippen LogP contribution is -2.81. The number of carbonyl (C=O) groups is 2. The van der Waals surface area contributed by atoms with Gasteiger partial charge in [-0.2, -0.15) is 0 Å². The second-order valence-corrected chi connectivity index (χ2v) is 17.7. The molecule has 6 heterocycles. The first-order chi connectivity index (χ1) is 26.8. The SMILES string of the molecule is CC[C@]1(O)CC2CN(CCc3c([nH]c4ccccc34)[C@@](C(=O)OC)(c3cc4c(cc3OC)N(C)[C@@H]3C45CCN4CC=C[C@](CC)([C@H]45)[C@@H](O)[C@]3(O)C(=O)NC)C2)C1. The number of anilines is 1. The van der Waals surface area contributed by atoms with Gasteiger partial charge in [0.2, 0.25) is 0 Å². The monoisotopic (exact) mass is 767 g/mol. The molecule has 3 unspecified atom stereocenters. The molecule has 1 saturated carbocycles. The Morgan fingerprint density at radius 1 is 1.04 bits per heavy atom. The highest BCUT2D eigenvalue weighted by atomic mass is 16.5. The predicted octanol–water partition coefficient (Wildman–Crippen LogP) is 2.99. The number of H-pyrrole nitrogens is 1. The minimum atomic E-state index is -2.18. The summed E-state index contributed by atoms with van der Waals surface area (Å²) in [6, 6.07) is 11.2. The maximum Gasteiger partial charge on any atom is 0.322 e. The molecular formula is C44H57N5O7. The van der Waals surface area contributed by atoms with Crippen LogP contribution in [0.2, 0.25) is 0 Å². The van der Waals surface area contributed by atoms with Crippen molar-refractivity contribution >= 4 is 28.5 Å². The highest BCUT2D eigenvalue weighted by molar-refractivity contribution is 5.95. The van der Waals surface area contributed by atoms with E-state index >= 15 is 4.79 Å². The molecular weight excluding hydrogens is 711 g/mol. The number of aromatic nitrogens is 1. The first-order valence-electron chi connectivity index (χ1n) is 20.5. The van der Waals surface area contributed by atoms with Gasteiger partial charge in [0.25, 0.3) is 5.91 Å². The number of esters is 1. The average Bonchev–Trinajstić information content (AvgIpc) is 3.87. The van der Waals surface area contributed by atoms with E-state index < -0.39 is 51.5 Å². The number of likely N-dealkylation sites (N-methyl/N-ethyl adjacent to an activating group) is 2. The van der Waals surface area contributed by atoms with Gasteiger partial charge in [0, 0.05) is 91.1 Å². The number of hydrogen-bond donors (Lipinski definition) is 5. The van der Waals surface area contributed by atoms with Crippen LogP contribution in [0.4, 0.5) is 5.69 Å². The molecule has 0 radical (unpaired) electrons. The number of para-hydroxylation sites is 1. The van der Waals surface area contributed by atoms with Gasteiger partial charge in [0.1, 0.15) is 17.3 Å². The summed E-state index contributed by atoms with van der Waals surface area (Å²) in [6.45, 7) is 7.49. The second-order valence-electron chi connectivity index (χ2n) is 17.7. The van der Waals surface area contributed by atoms with Crippen LogP contribution in [0.3, 0.4) is 0 Å². The van der Waals surface area contributed by atoms with Crippen molar-refractivity contribution in [3.8, 4) is 5.75 Å². The van der Waals surface area contributed by atoms with Crippen molar-refractivity contribution in [1.29, 1.82) is 0 Å². The minimum absolute atomic E-state index is 0.0712. The summed E-state index contributed by atoms with van der Waals surface area (Å²) in [7, 11) is 6.46. The molecule has 3 aromatic rings. The van der Waals surface area contributed by atoms with Crippen LogP contribution in [0.1, 0.15) is 68.3 Å². The van der Waals surface area contributed by atoms with Crippen LogP contribution in [0.5, 0.6) is 5.75 Å². The van der Waals surface area contributed by atoms with Gasteiger partial charge in [0.15, 0.2) is 5.60 Å². The summed E-state index contributed by atoms with van der Waals surface area (Å²) in [5.41, 5.74) is -1.12. The zero-order valence-electron chi connectivity index (χ0n) is 33.5. The van der Waals surface area contributed by atoms with Gasteiger partial charge < -0.3 is 40.0 Å². The lowest BCUT2D eigenvalue weighted by Gasteiger charge is -2.63. The number of rotatable bonds is 6. The van der Waals surface area contributed by atoms with E-state index in [1.807, 2.05) is 56.1 Å². The Morgan fingerprint density at radius 3 is 2.54 bits per heavy atom. The number of fused-ring (bicyclic) bond motifs is 6. The maximum atomic E-state index is 15.2. The maximum absolute atomic E-state index is 15.2. The van der Waals surface area contributed by atoms with Crippen LogP contribution in [0.15, 0.2) is 48.6 Å². The molecule has 300 valence electrons. The molecule has 2 bridgehead atoms. The summed E-state index contributed by atoms with van der Waals surface area (Å²) in [5, 5.41) is 41.1. The van der Waals surface area contributed by atoms with Crippen molar-refractivity contribution in [1.82, 2.24) is 20.1 Å². The third-order valence-corrected chi connectivity index (χ3v) is 15.4. The molecule has 2 saturated heterocycles. The van der Waals surface area contributed by atoms with Crippen LogP contribution in [-0.2, 0) is 31.6 Å². The van der Waals surface area contributed by atoms with E-state index in [4.69, 9.17) is 9.47 Å². The van der Waals surface area contributed by atoms with Crippen LogP contribution < -0.4 is 15.0 Å². The topological polar surface area (TPSA) is 151 Å². The smallest absolute Gasteiger partial charge is 0.322 e. The third kappa shape index (κ3) is 4.59. The fourth-order valence-corrected chi connectivity index (χ4v) is 13.2. The van der Waals surface area contributed by atoms with Crippen molar-refractivity contribution in [2.75, 3.05) is 65.9 Å². The van der Waals surface area contributed by atoms with Crippen molar-refractivity contribution < 1.29 is 34.4 Å². The first-order valence-corrected chi connectivity index (χ1v) is 20.5. The van der Waals surface area contributed by atoms with Gasteiger partial charge in [-0.1, -0.05) is 44.2 Å². The number of nitrogens with zero attached hydrogens (tertiary/aromatic N) is 3. The molecule has 5 N–H and O–H groups in total. The zero-order valence-corrected chi connectivity index (χ0v) is 33.5. The van der Waals surface area contributed by atoms with E-state index in [2.05, 4.69) is 38.3 Å². The molecule has 6 aliphatic rings. The number of methoxy groups -OCH3 is 2. The molecule has 12 nitrogen and oxygen atoms in total. The van der Waals surface area contributed by atoms with E-state index in [0.717, 1.165) is 46.5 Å². The van der Waals surface area contributed by atoms with E-state index in [1.165, 1.54) is 14.2 Å². The molecule has 5 aliphatic heterocycles. The summed E-state index contributed by atoms with van der Waals surface area (Å²) in [6.07, 6.45) is 6.01. The minimum Gasteiger partial charge on any atom is -0.496 e. The first kappa shape index (κ1) is 37.6. The molecule has 1 aromatic heterocycles. The Hall–Kier alpha value is -3.94. The van der Waals surface area contributed by atoms with Crippen LogP contribution in [0, 0.1) is 11.3 Å². The Morgan fingerprint density at radius 2 is 1.82 bits per heavy atom. The standard InChI is InChI=1S/C44H57N5O7/c1-7-40(53)22-26-23-43(39(52)56-6,34-28(14-18-48(24-26)25-40)27-12-9-10-13-31(27)46-34)30-20-29-32(21-33(30)55-5)47(4)36-42(29)16-19-49-17-11-15-41(8-2,35(42)49)37(50)44(36,54)38(51)45-3/h9-13,15,20-21,26,35-37,46,50,53-54H,7-8,14,16-19,22-25H2,1-6H3,(H,45,51)/t26?,35-,36+,37+,40-,41+,42?,43-,44-/m0/s1. The predicted molar refractivity (Wildman–Crippen MR) is 213 cm³/mol. The lowest BCUT2D eigenvalue weighted by atomic mass is 9.47. The highest BCUT2D eigenvalue weighted by Gasteiger charge is 2.78. The number of hydrogen-bond acceptors (Lipinski definition) is 10. The molecule has 1 spiro atoms. The Labute approximate surface area is 328 Å². The number of ether oxygens (including phenoxy) is 2. The molecule has 12 heteroatoms. The largest absolute Gasteiger partial charge is 0.496 e. The van der Waals surface area contributed by atoms with Crippen molar-refractivity contribution in [3.05, 3.63) is 70.9 Å². The van der Waals surface area contributed by atoms with Gasteiger partial charge in [-0.15, -0.1) is 0 Å². The van der Waals surface area contributed by atoms with E-state index in [9.17, 15) is 20.1 Å². The summed E-state index contributed by atoms with van der Waals surface area (Å²) in [4.78, 5) is 39.9. The number of aliphatic hydroxyl groups is 3. The number of nitrogens with one attached hydrogen (secondary N) is 2. The third-order valence-electron chi connectivity index (χ3n) is 15.4. The normalized spacial score (nSPS) is 38.4. The van der Waals surface area contributed by atoms with Gasteiger partial charge >= 0.3 is 5.97 Å². The molecule has 1 amide bonds. The molecule has 1 aliphatic carbocycles. The molecule has 3 fully saturated rings. The van der Waals surface area contributed by atoms with E-state index in [1.54, 1.807) is 7.11 Å². The van der Waals surface area contributed by atoms with Gasteiger partial charge in [-0.3, -0.25) is 19.4 Å². The number of aromatic amines is 1. The fraction of sp³-hybridized carbons (Fsp3) is 0.591. The number of aliphatic hydroxyl groups excluding tert-OH is 1. The van der Waals surface area contributed by atoms with Crippen LogP contribution >= 0.6 is 0 Å². The lowest BCUT2D eigenvalue weighted by molar-refractivity contribution is -0.203. The Kier molecular flexibility index (Phi) is 8.59. The summed E-state index contributed by atoms with van der Waals surface area (Å²) >= 11 is 0. The number of amides is 1. The van der Waals surface area contributed by atoms with Gasteiger partial charge in [0.05, 0.1) is 25.9 Å². The zero-order chi connectivity index (χ0) is 39.6. The average molecular weight is 768 g/mol. The molecule has 9 rings (SSSR count). The second kappa shape index (κ2) is 12.8. The molecule has 56 heavy (non-hydrogen) atoms. The Balaban J connectivity index is 1.36. The van der Waals surface area contributed by atoms with Gasteiger partial charge in [-0.05, 0) is 74.2 Å².